The van der Waals surface area contributed by atoms with Crippen molar-refractivity contribution in [2.45, 2.75) is 73.3 Å². The van der Waals surface area contributed by atoms with Crippen LogP contribution in [0.15, 0.2) is 194 Å². The topological polar surface area (TPSA) is 17.4 Å². The SMILES string of the molecule is CC(C)CC(c1ccc(-c2ccc(-c3ccc4c(c3)c3cc(-c5ccc(N(c6ccccc6)c6ccccc6)cc5)ccc3n4-c3ccc(OC(C)(C)C)cc3)cc2)cc1)C(C)(C)C. The Hall–Kier alpha value is -6.84. The van der Waals surface area contributed by atoms with Gasteiger partial charge in [0.15, 0.2) is 0 Å². The highest BCUT2D eigenvalue weighted by atomic mass is 16.5. The van der Waals surface area contributed by atoms with Gasteiger partial charge in [-0.1, -0.05) is 144 Å². The molecule has 1 aromatic heterocycles. The quantitative estimate of drug-likeness (QED) is 0.129. The van der Waals surface area contributed by atoms with E-state index in [0.29, 0.717) is 11.8 Å². The van der Waals surface area contributed by atoms with Gasteiger partial charge in [0, 0.05) is 33.5 Å². The number of nitrogens with zero attached hydrogens (tertiary/aromatic N) is 2. The molecule has 0 saturated heterocycles. The van der Waals surface area contributed by atoms with Crippen molar-refractivity contribution < 1.29 is 4.74 Å². The summed E-state index contributed by atoms with van der Waals surface area (Å²) in [7, 11) is 0. The van der Waals surface area contributed by atoms with Gasteiger partial charge in [-0.15, -0.1) is 0 Å². The normalized spacial score (nSPS) is 12.5. The molecule has 0 N–H and O–H groups in total. The number of para-hydroxylation sites is 2. The third kappa shape index (κ3) is 8.99. The van der Waals surface area contributed by atoms with Gasteiger partial charge in [-0.25, -0.2) is 0 Å². The molecule has 3 nitrogen and oxygen atoms in total. The van der Waals surface area contributed by atoms with Gasteiger partial charge in [0.05, 0.1) is 11.0 Å². The summed E-state index contributed by atoms with van der Waals surface area (Å²) in [6.45, 7) is 18.0. The first kappa shape index (κ1) is 42.5. The van der Waals surface area contributed by atoms with E-state index in [1.54, 1.807) is 0 Å². The van der Waals surface area contributed by atoms with Gasteiger partial charge in [0.1, 0.15) is 11.4 Å². The minimum Gasteiger partial charge on any atom is -0.488 e. The minimum absolute atomic E-state index is 0.216. The smallest absolute Gasteiger partial charge is 0.120 e. The number of hydrogen-bond acceptors (Lipinski definition) is 2. The van der Waals surface area contributed by atoms with Crippen LogP contribution in [0.1, 0.15) is 73.3 Å². The predicted molar refractivity (Wildman–Crippen MR) is 274 cm³/mol. The highest BCUT2D eigenvalue weighted by Gasteiger charge is 2.27. The summed E-state index contributed by atoms with van der Waals surface area (Å²) in [6, 6.07) is 70.9. The molecule has 0 aliphatic carbocycles. The van der Waals surface area contributed by atoms with E-state index in [2.05, 4.69) is 259 Å². The molecule has 320 valence electrons. The Morgan fingerprint density at radius 1 is 0.453 bits per heavy atom. The van der Waals surface area contributed by atoms with Crippen LogP contribution in [-0.2, 0) is 0 Å². The summed E-state index contributed by atoms with van der Waals surface area (Å²) in [5.41, 5.74) is 15.4. The molecular weight excluding hydrogens is 777 g/mol. The lowest BCUT2D eigenvalue weighted by atomic mass is 9.72. The molecule has 8 aromatic carbocycles. The molecule has 0 radical (unpaired) electrons. The Balaban J connectivity index is 1.08. The third-order valence-corrected chi connectivity index (χ3v) is 12.4. The third-order valence-electron chi connectivity index (χ3n) is 12.4. The van der Waals surface area contributed by atoms with E-state index >= 15 is 0 Å². The molecule has 9 rings (SSSR count). The zero-order valence-electron chi connectivity index (χ0n) is 38.6. The first-order valence-electron chi connectivity index (χ1n) is 22.9. The van der Waals surface area contributed by atoms with Crippen LogP contribution in [0.3, 0.4) is 0 Å². The fourth-order valence-corrected chi connectivity index (χ4v) is 9.31. The van der Waals surface area contributed by atoms with E-state index in [1.807, 2.05) is 0 Å². The second-order valence-corrected chi connectivity index (χ2v) is 19.8. The Morgan fingerprint density at radius 2 is 0.859 bits per heavy atom. The molecule has 3 heteroatoms. The highest BCUT2D eigenvalue weighted by Crippen LogP contribution is 2.42. The van der Waals surface area contributed by atoms with Crippen LogP contribution < -0.4 is 9.64 Å². The van der Waals surface area contributed by atoms with Gasteiger partial charge in [-0.2, -0.15) is 0 Å². The number of fused-ring (bicyclic) bond motifs is 3. The first-order chi connectivity index (χ1) is 30.8. The summed E-state index contributed by atoms with van der Waals surface area (Å²) in [5.74, 6) is 2.05. The largest absolute Gasteiger partial charge is 0.488 e. The fraction of sp³-hybridized carbons (Fsp3) is 0.213. The standard InChI is InChI=1S/C61H60N2O/c1-42(2)39-57(60(3,4)5)47-25-23-44(24-26-47)43-19-21-45(22-20-43)48-29-37-58-55(40-48)56-41-49(30-38-59(56)63(58)53-33-35-54(36-34-53)64-61(6,7)8)46-27-31-52(32-28-46)62(50-15-11-9-12-16-50)51-17-13-10-14-18-51/h9-38,40-42,57H,39H2,1-8H3. The van der Waals surface area contributed by atoms with Crippen LogP contribution in [0.25, 0.3) is 60.9 Å². The maximum atomic E-state index is 6.22. The van der Waals surface area contributed by atoms with Crippen LogP contribution in [-0.4, -0.2) is 10.2 Å². The molecule has 0 aliphatic heterocycles. The number of anilines is 3. The lowest BCUT2D eigenvalue weighted by Crippen LogP contribution is -2.22. The van der Waals surface area contributed by atoms with Crippen molar-refractivity contribution in [1.82, 2.24) is 4.57 Å². The molecule has 1 atom stereocenters. The van der Waals surface area contributed by atoms with Crippen molar-refractivity contribution in [3.8, 4) is 44.8 Å². The Morgan fingerprint density at radius 3 is 1.30 bits per heavy atom. The molecule has 0 aliphatic rings. The van der Waals surface area contributed by atoms with Gasteiger partial charge in [0.2, 0.25) is 0 Å². The molecule has 1 heterocycles. The Kier molecular flexibility index (Phi) is 11.5. The van der Waals surface area contributed by atoms with Crippen molar-refractivity contribution in [1.29, 1.82) is 0 Å². The molecule has 0 bridgehead atoms. The second-order valence-electron chi connectivity index (χ2n) is 19.8. The summed E-state index contributed by atoms with van der Waals surface area (Å²) in [4.78, 5) is 2.30. The predicted octanol–water partition coefficient (Wildman–Crippen LogP) is 17.6. The molecule has 64 heavy (non-hydrogen) atoms. The van der Waals surface area contributed by atoms with E-state index in [1.165, 1.54) is 61.7 Å². The lowest BCUT2D eigenvalue weighted by molar-refractivity contribution is 0.131. The molecular formula is C61H60N2O. The summed E-state index contributed by atoms with van der Waals surface area (Å²) >= 11 is 0. The van der Waals surface area contributed by atoms with Gasteiger partial charge in [0.25, 0.3) is 0 Å². The van der Waals surface area contributed by atoms with E-state index in [4.69, 9.17) is 4.74 Å². The monoisotopic (exact) mass is 836 g/mol. The van der Waals surface area contributed by atoms with Crippen molar-refractivity contribution in [3.63, 3.8) is 0 Å². The van der Waals surface area contributed by atoms with Crippen LogP contribution >= 0.6 is 0 Å². The number of ether oxygens (including phenoxy) is 1. The van der Waals surface area contributed by atoms with Gasteiger partial charge in [-0.05, 0) is 168 Å². The summed E-state index contributed by atoms with van der Waals surface area (Å²) < 4.78 is 8.60. The molecule has 0 spiro atoms. The zero-order valence-corrected chi connectivity index (χ0v) is 38.6. The number of rotatable bonds is 11. The second kappa shape index (κ2) is 17.4. The van der Waals surface area contributed by atoms with Crippen LogP contribution in [0.2, 0.25) is 0 Å². The Bertz CT molecular complexity index is 2940. The van der Waals surface area contributed by atoms with Crippen molar-refractivity contribution in [2.75, 3.05) is 4.90 Å². The lowest BCUT2D eigenvalue weighted by Gasteiger charge is -2.32. The van der Waals surface area contributed by atoms with E-state index in [-0.39, 0.29) is 11.0 Å². The molecule has 0 saturated carbocycles. The number of benzene rings is 8. The molecule has 1 unspecified atom stereocenters. The van der Waals surface area contributed by atoms with Crippen molar-refractivity contribution in [2.24, 2.45) is 11.3 Å². The van der Waals surface area contributed by atoms with E-state index in [9.17, 15) is 0 Å². The average molecular weight is 837 g/mol. The maximum absolute atomic E-state index is 6.22. The fourth-order valence-electron chi connectivity index (χ4n) is 9.31. The van der Waals surface area contributed by atoms with Gasteiger partial charge >= 0.3 is 0 Å². The van der Waals surface area contributed by atoms with Crippen molar-refractivity contribution in [3.05, 3.63) is 200 Å². The zero-order chi connectivity index (χ0) is 44.6. The van der Waals surface area contributed by atoms with Gasteiger partial charge in [-0.3, -0.25) is 0 Å². The van der Waals surface area contributed by atoms with Crippen molar-refractivity contribution >= 4 is 38.9 Å². The van der Waals surface area contributed by atoms with Crippen LogP contribution in [0.4, 0.5) is 17.1 Å². The summed E-state index contributed by atoms with van der Waals surface area (Å²) in [6.07, 6.45) is 1.19. The average Bonchev–Trinajstić information content (AvgIpc) is 3.62. The molecule has 0 fully saturated rings. The minimum atomic E-state index is -0.271. The van der Waals surface area contributed by atoms with Gasteiger partial charge < -0.3 is 14.2 Å². The van der Waals surface area contributed by atoms with E-state index in [0.717, 1.165) is 34.0 Å². The van der Waals surface area contributed by atoms with Crippen LogP contribution in [0.5, 0.6) is 5.75 Å². The first-order valence-corrected chi connectivity index (χ1v) is 22.9. The molecule has 9 aromatic rings. The number of hydrogen-bond donors (Lipinski definition) is 0. The Labute approximate surface area is 380 Å². The molecule has 0 amide bonds. The van der Waals surface area contributed by atoms with E-state index < -0.39 is 0 Å². The maximum Gasteiger partial charge on any atom is 0.120 e. The number of aromatic nitrogens is 1. The summed E-state index contributed by atoms with van der Waals surface area (Å²) in [5, 5.41) is 2.43. The van der Waals surface area contributed by atoms with Crippen LogP contribution in [0, 0.1) is 11.3 Å². The highest BCUT2D eigenvalue weighted by molar-refractivity contribution is 6.11.